The van der Waals surface area contributed by atoms with E-state index in [0.717, 1.165) is 0 Å². The van der Waals surface area contributed by atoms with Crippen LogP contribution in [0.2, 0.25) is 0 Å². The highest BCUT2D eigenvalue weighted by Crippen LogP contribution is 2.16. The Morgan fingerprint density at radius 1 is 1.35 bits per heavy atom. The van der Waals surface area contributed by atoms with Gasteiger partial charge in [0.15, 0.2) is 6.61 Å². The van der Waals surface area contributed by atoms with E-state index < -0.39 is 0 Å². The lowest BCUT2D eigenvalue weighted by atomic mass is 10.2. The smallest absolute Gasteiger partial charge is 0.257 e. The number of hydrogen-bond acceptors (Lipinski definition) is 5. The minimum absolute atomic E-state index is 0. The largest absolute Gasteiger partial charge is 0.484 e. The molecule has 1 aliphatic rings. The molecule has 1 unspecified atom stereocenters. The highest BCUT2D eigenvalue weighted by Gasteiger charge is 2.20. The summed E-state index contributed by atoms with van der Waals surface area (Å²) in [6.45, 7) is 4.07. The van der Waals surface area contributed by atoms with E-state index >= 15 is 0 Å². The number of carbonyl (C=O) groups is 2. The summed E-state index contributed by atoms with van der Waals surface area (Å²) >= 11 is 0. The van der Waals surface area contributed by atoms with Crippen molar-refractivity contribution in [3.05, 3.63) is 24.3 Å². The van der Waals surface area contributed by atoms with Gasteiger partial charge in [-0.05, 0) is 31.2 Å². The first-order valence-electron chi connectivity index (χ1n) is 7.30. The summed E-state index contributed by atoms with van der Waals surface area (Å²) in [6, 6.07) is 6.55. The summed E-state index contributed by atoms with van der Waals surface area (Å²) in [5.74, 6) is 0.280. The molecule has 0 saturated carbocycles. The predicted octanol–water partition coefficient (Wildman–Crippen LogP) is 0.550. The first-order chi connectivity index (χ1) is 10.7. The minimum atomic E-state index is -0.331. The molecule has 3 N–H and O–H groups in total. The summed E-state index contributed by atoms with van der Waals surface area (Å²) < 4.78 is 10.6. The van der Waals surface area contributed by atoms with Crippen molar-refractivity contribution in [2.45, 2.75) is 13.0 Å². The predicted molar refractivity (Wildman–Crippen MR) is 89.1 cm³/mol. The Hall–Kier alpha value is -1.83. The molecule has 1 aromatic carbocycles. The van der Waals surface area contributed by atoms with Crippen LogP contribution >= 0.6 is 12.4 Å². The molecule has 7 nitrogen and oxygen atoms in total. The normalized spacial score (nSPS) is 16.8. The maximum atomic E-state index is 12.0. The quantitative estimate of drug-likeness (QED) is 0.702. The van der Waals surface area contributed by atoms with Crippen LogP contribution in [0.5, 0.6) is 5.75 Å². The van der Waals surface area contributed by atoms with Gasteiger partial charge in [-0.3, -0.25) is 9.59 Å². The summed E-state index contributed by atoms with van der Waals surface area (Å²) in [4.78, 5) is 23.3. The van der Waals surface area contributed by atoms with Gasteiger partial charge in [0.05, 0.1) is 13.2 Å². The monoisotopic (exact) mass is 343 g/mol. The zero-order chi connectivity index (χ0) is 15.8. The van der Waals surface area contributed by atoms with E-state index in [1.807, 2.05) is 6.92 Å². The van der Waals surface area contributed by atoms with Gasteiger partial charge < -0.3 is 25.4 Å². The van der Waals surface area contributed by atoms with Crippen molar-refractivity contribution < 1.29 is 19.1 Å². The van der Waals surface area contributed by atoms with E-state index in [2.05, 4.69) is 16.0 Å². The maximum Gasteiger partial charge on any atom is 0.257 e. The zero-order valence-electron chi connectivity index (χ0n) is 13.0. The molecule has 128 valence electrons. The number of anilines is 1. The number of carbonyl (C=O) groups excluding carboxylic acids is 2. The Morgan fingerprint density at radius 2 is 2.09 bits per heavy atom. The van der Waals surface area contributed by atoms with E-state index in [4.69, 9.17) is 9.47 Å². The Bertz CT molecular complexity index is 504. The number of amides is 2. The molecule has 2 amide bonds. The summed E-state index contributed by atoms with van der Waals surface area (Å²) in [5.41, 5.74) is 0.669. The Labute approximate surface area is 141 Å². The van der Waals surface area contributed by atoms with Crippen LogP contribution in [0.15, 0.2) is 24.3 Å². The third kappa shape index (κ3) is 6.43. The third-order valence-electron chi connectivity index (χ3n) is 3.10. The first kappa shape index (κ1) is 19.2. The molecule has 1 aromatic rings. The fourth-order valence-electron chi connectivity index (χ4n) is 1.99. The number of nitrogens with one attached hydrogen (secondary N) is 3. The Balaban J connectivity index is 0.00000264. The number of hydrogen-bond donors (Lipinski definition) is 3. The van der Waals surface area contributed by atoms with Crippen LogP contribution in [0.25, 0.3) is 0 Å². The topological polar surface area (TPSA) is 88.7 Å². The molecule has 0 bridgehead atoms. The number of morpholine rings is 1. The van der Waals surface area contributed by atoms with Crippen LogP contribution in [0.4, 0.5) is 5.69 Å². The third-order valence-corrected chi connectivity index (χ3v) is 3.10. The fourth-order valence-corrected chi connectivity index (χ4v) is 1.99. The van der Waals surface area contributed by atoms with E-state index in [-0.39, 0.29) is 36.9 Å². The molecular formula is C15H22ClN3O4. The molecule has 8 heteroatoms. The van der Waals surface area contributed by atoms with Gasteiger partial charge >= 0.3 is 0 Å². The lowest BCUT2D eigenvalue weighted by Crippen LogP contribution is -2.48. The average molecular weight is 344 g/mol. The number of benzene rings is 1. The molecule has 1 aliphatic heterocycles. The highest BCUT2D eigenvalue weighted by molar-refractivity contribution is 5.95. The lowest BCUT2D eigenvalue weighted by molar-refractivity contribution is -0.123. The molecular weight excluding hydrogens is 322 g/mol. The van der Waals surface area contributed by atoms with Crippen molar-refractivity contribution in [3.8, 4) is 5.75 Å². The molecule has 0 radical (unpaired) electrons. The van der Waals surface area contributed by atoms with Crippen molar-refractivity contribution in [3.63, 3.8) is 0 Å². The van der Waals surface area contributed by atoms with Crippen LogP contribution in [0, 0.1) is 0 Å². The van der Waals surface area contributed by atoms with Crippen LogP contribution in [-0.4, -0.2) is 50.8 Å². The van der Waals surface area contributed by atoms with Crippen molar-refractivity contribution in [2.24, 2.45) is 0 Å². The molecule has 1 heterocycles. The van der Waals surface area contributed by atoms with Crippen molar-refractivity contribution in [1.29, 1.82) is 0 Å². The number of likely N-dealkylation sites (N-methyl/N-ethyl adjacent to an activating group) is 1. The summed E-state index contributed by atoms with van der Waals surface area (Å²) in [6.07, 6.45) is 0. The maximum absolute atomic E-state index is 12.0. The van der Waals surface area contributed by atoms with Gasteiger partial charge in [0.1, 0.15) is 11.8 Å². The van der Waals surface area contributed by atoms with Crippen molar-refractivity contribution >= 4 is 29.9 Å². The second-order valence-electron chi connectivity index (χ2n) is 4.84. The van der Waals surface area contributed by atoms with Crippen LogP contribution < -0.4 is 20.7 Å². The molecule has 1 fully saturated rings. The minimum Gasteiger partial charge on any atom is -0.484 e. The standard InChI is InChI=1S/C15H21N3O4.ClH/c1-2-16-14(19)10-22-12-5-3-11(4-6-12)18-15(20)13-9-21-8-7-17-13;/h3-6,13,17H,2,7-10H2,1H3,(H,16,19)(H,18,20);1H. The van der Waals surface area contributed by atoms with Crippen LogP contribution in [-0.2, 0) is 14.3 Å². The van der Waals surface area contributed by atoms with Crippen LogP contribution in [0.1, 0.15) is 6.92 Å². The second-order valence-corrected chi connectivity index (χ2v) is 4.84. The first-order valence-corrected chi connectivity index (χ1v) is 7.30. The van der Waals surface area contributed by atoms with E-state index in [0.29, 0.717) is 37.7 Å². The van der Waals surface area contributed by atoms with Crippen LogP contribution in [0.3, 0.4) is 0 Å². The molecule has 0 spiro atoms. The van der Waals surface area contributed by atoms with Gasteiger partial charge in [-0.25, -0.2) is 0 Å². The number of halogens is 1. The van der Waals surface area contributed by atoms with Crippen molar-refractivity contribution in [1.82, 2.24) is 10.6 Å². The molecule has 0 aromatic heterocycles. The zero-order valence-corrected chi connectivity index (χ0v) is 13.8. The van der Waals surface area contributed by atoms with Gasteiger partial charge in [-0.1, -0.05) is 0 Å². The lowest BCUT2D eigenvalue weighted by Gasteiger charge is -2.22. The number of rotatable bonds is 6. The fraction of sp³-hybridized carbons (Fsp3) is 0.467. The molecule has 1 saturated heterocycles. The SMILES string of the molecule is CCNC(=O)COc1ccc(NC(=O)C2COCCN2)cc1.Cl. The van der Waals surface area contributed by atoms with Gasteiger partial charge in [-0.15, -0.1) is 12.4 Å². The summed E-state index contributed by atoms with van der Waals surface area (Å²) in [5, 5.41) is 8.55. The second kappa shape index (κ2) is 10.0. The Morgan fingerprint density at radius 3 is 2.70 bits per heavy atom. The average Bonchev–Trinajstić information content (AvgIpc) is 2.55. The van der Waals surface area contributed by atoms with Gasteiger partial charge in [-0.2, -0.15) is 0 Å². The molecule has 23 heavy (non-hydrogen) atoms. The van der Waals surface area contributed by atoms with Gasteiger partial charge in [0.25, 0.3) is 5.91 Å². The highest BCUT2D eigenvalue weighted by atomic mass is 35.5. The summed E-state index contributed by atoms with van der Waals surface area (Å²) in [7, 11) is 0. The molecule has 1 atom stereocenters. The van der Waals surface area contributed by atoms with Crippen molar-refractivity contribution in [2.75, 3.05) is 38.2 Å². The van der Waals surface area contributed by atoms with E-state index in [1.54, 1.807) is 24.3 Å². The van der Waals surface area contributed by atoms with Gasteiger partial charge in [0.2, 0.25) is 5.91 Å². The van der Waals surface area contributed by atoms with E-state index in [1.165, 1.54) is 0 Å². The van der Waals surface area contributed by atoms with E-state index in [9.17, 15) is 9.59 Å². The van der Waals surface area contributed by atoms with Gasteiger partial charge in [0, 0.05) is 18.8 Å². The Kier molecular flexibility index (Phi) is 8.39. The molecule has 0 aliphatic carbocycles. The number of ether oxygens (including phenoxy) is 2. The molecule has 2 rings (SSSR count).